The van der Waals surface area contributed by atoms with Gasteiger partial charge < -0.3 is 0 Å². The summed E-state index contributed by atoms with van der Waals surface area (Å²) in [6.07, 6.45) is 0. The maximum Gasteiger partial charge on any atom is 0.398 e. The normalized spacial score (nSPS) is 26.9. The molecule has 1 heterocycles. The van der Waals surface area contributed by atoms with Crippen LogP contribution in [0.4, 0.5) is 0 Å². The summed E-state index contributed by atoms with van der Waals surface area (Å²) in [7, 11) is -3.60. The van der Waals surface area contributed by atoms with Crippen LogP contribution in [-0.2, 0) is 18.4 Å². The van der Waals surface area contributed by atoms with Gasteiger partial charge in [-0.15, -0.1) is 0 Å². The fraction of sp³-hybridized carbons (Fsp3) is 0.900. The molecule has 0 radical (unpaired) electrons. The SMILES string of the molecule is CC(C)C(=O)P1(=O)OC(C)(C)C(C)(C)O1. The van der Waals surface area contributed by atoms with Gasteiger partial charge in [-0.1, -0.05) is 13.8 Å². The minimum atomic E-state index is -3.60. The Hall–Kier alpha value is -0.180. The van der Waals surface area contributed by atoms with Crippen molar-refractivity contribution in [1.82, 2.24) is 0 Å². The number of hydrogen-bond acceptors (Lipinski definition) is 4. The molecule has 1 rings (SSSR count). The van der Waals surface area contributed by atoms with Gasteiger partial charge in [0.25, 0.3) is 0 Å². The largest absolute Gasteiger partial charge is 0.398 e. The monoisotopic (exact) mass is 234 g/mol. The van der Waals surface area contributed by atoms with E-state index in [1.807, 2.05) is 0 Å². The fourth-order valence-electron chi connectivity index (χ4n) is 1.25. The predicted octanol–water partition coefficient (Wildman–Crippen LogP) is 2.97. The molecule has 0 N–H and O–H groups in total. The molecule has 4 nitrogen and oxygen atoms in total. The Labute approximate surface area is 90.9 Å². The van der Waals surface area contributed by atoms with Gasteiger partial charge in [0.05, 0.1) is 0 Å². The summed E-state index contributed by atoms with van der Waals surface area (Å²) in [5, 5.41) is 0. The molecule has 0 bridgehead atoms. The van der Waals surface area contributed by atoms with Crippen molar-refractivity contribution in [2.75, 3.05) is 0 Å². The van der Waals surface area contributed by atoms with Crippen molar-refractivity contribution in [2.45, 2.75) is 52.7 Å². The summed E-state index contributed by atoms with van der Waals surface area (Å²) in [4.78, 5) is 11.7. The summed E-state index contributed by atoms with van der Waals surface area (Å²) in [6.45, 7) is 10.5. The molecule has 0 saturated carbocycles. The van der Waals surface area contributed by atoms with Gasteiger partial charge in [0.1, 0.15) is 11.2 Å². The van der Waals surface area contributed by atoms with Crippen LogP contribution in [0.5, 0.6) is 0 Å². The highest BCUT2D eigenvalue weighted by Crippen LogP contribution is 2.65. The van der Waals surface area contributed by atoms with Crippen LogP contribution in [0.2, 0.25) is 0 Å². The molecule has 0 amide bonds. The van der Waals surface area contributed by atoms with Crippen LogP contribution in [0.15, 0.2) is 0 Å². The van der Waals surface area contributed by atoms with Crippen LogP contribution in [0.3, 0.4) is 0 Å². The maximum absolute atomic E-state index is 12.2. The van der Waals surface area contributed by atoms with Crippen molar-refractivity contribution in [3.63, 3.8) is 0 Å². The third kappa shape index (κ3) is 2.03. The Balaban J connectivity index is 3.05. The lowest BCUT2D eigenvalue weighted by Gasteiger charge is -2.29. The standard InChI is InChI=1S/C10H19O4P/c1-7(2)8(11)15(12)13-9(3,4)10(5,6)14-15/h7H,1-6H3. The molecule has 15 heavy (non-hydrogen) atoms. The minimum Gasteiger partial charge on any atom is -0.294 e. The first-order valence-electron chi connectivity index (χ1n) is 5.08. The zero-order valence-electron chi connectivity index (χ0n) is 10.2. The van der Waals surface area contributed by atoms with Gasteiger partial charge in [0, 0.05) is 5.92 Å². The second-order valence-electron chi connectivity index (χ2n) is 5.19. The van der Waals surface area contributed by atoms with E-state index in [-0.39, 0.29) is 5.92 Å². The highest BCUT2D eigenvalue weighted by molar-refractivity contribution is 7.72. The van der Waals surface area contributed by atoms with E-state index in [0.29, 0.717) is 0 Å². The topological polar surface area (TPSA) is 52.6 Å². The van der Waals surface area contributed by atoms with Gasteiger partial charge in [-0.25, -0.2) is 0 Å². The molecule has 0 aromatic carbocycles. The molecule has 5 heteroatoms. The Morgan fingerprint density at radius 2 is 1.40 bits per heavy atom. The summed E-state index contributed by atoms with van der Waals surface area (Å²) in [5.74, 6) is -0.347. The first kappa shape index (κ1) is 12.9. The van der Waals surface area contributed by atoms with E-state index in [2.05, 4.69) is 0 Å². The Morgan fingerprint density at radius 1 is 1.07 bits per heavy atom. The molecule has 0 aliphatic carbocycles. The average molecular weight is 234 g/mol. The summed E-state index contributed by atoms with van der Waals surface area (Å²) in [6, 6.07) is 0. The quantitative estimate of drug-likeness (QED) is 0.689. The van der Waals surface area contributed by atoms with Crippen LogP contribution in [-0.4, -0.2) is 16.7 Å². The molecule has 1 saturated heterocycles. The molecule has 88 valence electrons. The Bertz CT molecular complexity index is 310. The van der Waals surface area contributed by atoms with Gasteiger partial charge in [0.2, 0.25) is 5.52 Å². The molecular formula is C10H19O4P. The average Bonchev–Trinajstić information content (AvgIpc) is 2.15. The van der Waals surface area contributed by atoms with Crippen molar-refractivity contribution in [3.8, 4) is 0 Å². The highest BCUT2D eigenvalue weighted by atomic mass is 31.2. The summed E-state index contributed by atoms with van der Waals surface area (Å²) >= 11 is 0. The number of carbonyl (C=O) groups excluding carboxylic acids is 1. The van der Waals surface area contributed by atoms with Crippen LogP contribution in [0, 0.1) is 5.92 Å². The van der Waals surface area contributed by atoms with Gasteiger partial charge in [-0.2, -0.15) is 0 Å². The molecule has 0 spiro atoms. The van der Waals surface area contributed by atoms with E-state index < -0.39 is 24.3 Å². The lowest BCUT2D eigenvalue weighted by molar-refractivity contribution is -0.116. The minimum absolute atomic E-state index is 0.347. The van der Waals surface area contributed by atoms with Crippen molar-refractivity contribution < 1.29 is 18.4 Å². The van der Waals surface area contributed by atoms with Gasteiger partial charge in [-0.3, -0.25) is 18.4 Å². The molecule has 0 atom stereocenters. The van der Waals surface area contributed by atoms with E-state index >= 15 is 0 Å². The van der Waals surface area contributed by atoms with Gasteiger partial charge in [0.15, 0.2) is 0 Å². The van der Waals surface area contributed by atoms with E-state index in [9.17, 15) is 9.36 Å². The van der Waals surface area contributed by atoms with Crippen molar-refractivity contribution >= 4 is 13.1 Å². The molecule has 0 unspecified atom stereocenters. The first-order valence-corrected chi connectivity index (χ1v) is 6.62. The van der Waals surface area contributed by atoms with Crippen LogP contribution in [0.1, 0.15) is 41.5 Å². The van der Waals surface area contributed by atoms with E-state index in [4.69, 9.17) is 9.05 Å². The fourth-order valence-corrected chi connectivity index (χ4v) is 3.74. The zero-order valence-corrected chi connectivity index (χ0v) is 11.1. The van der Waals surface area contributed by atoms with E-state index in [1.165, 1.54) is 0 Å². The predicted molar refractivity (Wildman–Crippen MR) is 57.8 cm³/mol. The Kier molecular flexibility index (Phi) is 2.93. The highest BCUT2D eigenvalue weighted by Gasteiger charge is 2.58. The zero-order chi connectivity index (χ0) is 12.1. The van der Waals surface area contributed by atoms with Gasteiger partial charge >= 0.3 is 7.60 Å². The first-order chi connectivity index (χ1) is 6.52. The van der Waals surface area contributed by atoms with Crippen LogP contribution >= 0.6 is 7.60 Å². The molecular weight excluding hydrogens is 215 g/mol. The number of hydrogen-bond donors (Lipinski definition) is 0. The molecule has 0 aromatic heterocycles. The second kappa shape index (κ2) is 3.41. The van der Waals surface area contributed by atoms with E-state index in [0.717, 1.165) is 0 Å². The van der Waals surface area contributed by atoms with Crippen molar-refractivity contribution in [2.24, 2.45) is 5.92 Å². The molecule has 1 aliphatic rings. The summed E-state index contributed by atoms with van der Waals surface area (Å²) < 4.78 is 22.9. The smallest absolute Gasteiger partial charge is 0.294 e. The third-order valence-electron chi connectivity index (χ3n) is 2.91. The van der Waals surface area contributed by atoms with Gasteiger partial charge in [-0.05, 0) is 27.7 Å². The molecule has 1 aliphatic heterocycles. The van der Waals surface area contributed by atoms with Crippen LogP contribution < -0.4 is 0 Å². The summed E-state index contributed by atoms with van der Waals surface area (Å²) in [5.41, 5.74) is -1.87. The molecule has 0 aromatic rings. The lowest BCUT2D eigenvalue weighted by atomic mass is 9.90. The second-order valence-corrected chi connectivity index (χ2v) is 6.99. The maximum atomic E-state index is 12.2. The van der Waals surface area contributed by atoms with Crippen molar-refractivity contribution in [1.29, 1.82) is 0 Å². The van der Waals surface area contributed by atoms with Crippen molar-refractivity contribution in [3.05, 3.63) is 0 Å². The number of carbonyl (C=O) groups is 1. The lowest BCUT2D eigenvalue weighted by Crippen LogP contribution is -2.41. The Morgan fingerprint density at radius 3 is 1.67 bits per heavy atom. The van der Waals surface area contributed by atoms with Crippen LogP contribution in [0.25, 0.3) is 0 Å². The number of rotatable bonds is 2. The third-order valence-corrected chi connectivity index (χ3v) is 5.36. The van der Waals surface area contributed by atoms with E-state index in [1.54, 1.807) is 41.5 Å². The molecule has 1 fully saturated rings.